The predicted molar refractivity (Wildman–Crippen MR) is 93.6 cm³/mol. The summed E-state index contributed by atoms with van der Waals surface area (Å²) in [5, 5.41) is 3.03. The van der Waals surface area contributed by atoms with E-state index in [4.69, 9.17) is 0 Å². The van der Waals surface area contributed by atoms with Crippen LogP contribution in [0.1, 0.15) is 33.3 Å². The number of hydrogen-bond acceptors (Lipinski definition) is 3. The summed E-state index contributed by atoms with van der Waals surface area (Å²) in [6.07, 6.45) is 0. The molecule has 0 aliphatic carbocycles. The Morgan fingerprint density at radius 3 is 2.32 bits per heavy atom. The molecule has 1 aliphatic heterocycles. The monoisotopic (exact) mass is 303 g/mol. The molecule has 1 amide bonds. The second-order valence-electron chi connectivity index (χ2n) is 7.12. The number of amides is 1. The van der Waals surface area contributed by atoms with E-state index < -0.39 is 0 Å². The molecule has 122 valence electrons. The largest absolute Gasteiger partial charge is 0.369 e. The van der Waals surface area contributed by atoms with Crippen LogP contribution in [0.3, 0.4) is 0 Å². The molecule has 0 atom stereocenters. The highest BCUT2D eigenvalue weighted by atomic mass is 16.2. The Hall–Kier alpha value is -1.55. The van der Waals surface area contributed by atoms with Crippen LogP contribution in [0, 0.1) is 12.3 Å². The van der Waals surface area contributed by atoms with Gasteiger partial charge in [0, 0.05) is 43.0 Å². The minimum atomic E-state index is -0.373. The Morgan fingerprint density at radius 2 is 1.82 bits per heavy atom. The van der Waals surface area contributed by atoms with Crippen molar-refractivity contribution in [2.75, 3.05) is 42.9 Å². The summed E-state index contributed by atoms with van der Waals surface area (Å²) in [6, 6.07) is 6.33. The molecule has 0 aromatic heterocycles. The zero-order chi connectivity index (χ0) is 16.3. The van der Waals surface area contributed by atoms with Gasteiger partial charge in [0.05, 0.1) is 0 Å². The van der Waals surface area contributed by atoms with Crippen molar-refractivity contribution < 1.29 is 4.79 Å². The third-order valence-corrected chi connectivity index (χ3v) is 4.32. The first-order valence-electron chi connectivity index (χ1n) is 8.20. The van der Waals surface area contributed by atoms with E-state index in [1.807, 2.05) is 26.8 Å². The lowest BCUT2D eigenvalue weighted by Crippen LogP contribution is -2.46. The van der Waals surface area contributed by atoms with Gasteiger partial charge in [-0.05, 0) is 37.2 Å². The lowest BCUT2D eigenvalue weighted by atomic mass is 9.95. The van der Waals surface area contributed by atoms with E-state index in [2.05, 4.69) is 41.1 Å². The number of nitrogens with zero attached hydrogens (tertiary/aromatic N) is 2. The standard InChI is InChI=1S/C18H29N3O/c1-6-20-9-11-21(12-10-20)15-7-8-16(14(2)13-15)19-17(22)18(3,4)5/h7-8,13H,6,9-12H2,1-5H3,(H,19,22). The van der Waals surface area contributed by atoms with Crippen molar-refractivity contribution in [1.82, 2.24) is 4.90 Å². The summed E-state index contributed by atoms with van der Waals surface area (Å²) in [4.78, 5) is 17.0. The average molecular weight is 303 g/mol. The highest BCUT2D eigenvalue weighted by molar-refractivity contribution is 5.95. The molecule has 4 nitrogen and oxygen atoms in total. The van der Waals surface area contributed by atoms with Gasteiger partial charge in [-0.2, -0.15) is 0 Å². The Balaban J connectivity index is 2.05. The van der Waals surface area contributed by atoms with E-state index in [-0.39, 0.29) is 11.3 Å². The van der Waals surface area contributed by atoms with Crippen LogP contribution in [0.25, 0.3) is 0 Å². The highest BCUT2D eigenvalue weighted by Crippen LogP contribution is 2.25. The number of carbonyl (C=O) groups excluding carboxylic acids is 1. The van der Waals surface area contributed by atoms with E-state index >= 15 is 0 Å². The molecule has 1 N–H and O–H groups in total. The number of nitrogens with one attached hydrogen (secondary N) is 1. The molecule has 1 aromatic rings. The van der Waals surface area contributed by atoms with Crippen molar-refractivity contribution in [3.63, 3.8) is 0 Å². The smallest absolute Gasteiger partial charge is 0.229 e. The lowest BCUT2D eigenvalue weighted by molar-refractivity contribution is -0.123. The maximum Gasteiger partial charge on any atom is 0.229 e. The third kappa shape index (κ3) is 4.01. The summed E-state index contributed by atoms with van der Waals surface area (Å²) in [5.74, 6) is 0.0555. The quantitative estimate of drug-likeness (QED) is 0.932. The van der Waals surface area contributed by atoms with Crippen LogP contribution >= 0.6 is 0 Å². The van der Waals surface area contributed by atoms with Gasteiger partial charge in [-0.1, -0.05) is 27.7 Å². The topological polar surface area (TPSA) is 35.6 Å². The number of hydrogen-bond donors (Lipinski definition) is 1. The van der Waals surface area contributed by atoms with Gasteiger partial charge < -0.3 is 15.1 Å². The highest BCUT2D eigenvalue weighted by Gasteiger charge is 2.22. The van der Waals surface area contributed by atoms with Gasteiger partial charge in [-0.15, -0.1) is 0 Å². The fourth-order valence-corrected chi connectivity index (χ4v) is 2.62. The molecule has 1 saturated heterocycles. The Labute approximate surface area is 134 Å². The van der Waals surface area contributed by atoms with Gasteiger partial charge in [0.15, 0.2) is 0 Å². The molecule has 1 fully saturated rings. The molecule has 1 aromatic carbocycles. The Kier molecular flexibility index (Phi) is 5.12. The first kappa shape index (κ1) is 16.8. The summed E-state index contributed by atoms with van der Waals surface area (Å²) in [7, 11) is 0. The van der Waals surface area contributed by atoms with Crippen molar-refractivity contribution in [1.29, 1.82) is 0 Å². The molecule has 0 bridgehead atoms. The molecule has 2 rings (SSSR count). The number of benzene rings is 1. The number of carbonyl (C=O) groups is 1. The molecule has 1 aliphatic rings. The van der Waals surface area contributed by atoms with Gasteiger partial charge in [-0.25, -0.2) is 0 Å². The molecule has 4 heteroatoms. The number of anilines is 2. The lowest BCUT2D eigenvalue weighted by Gasteiger charge is -2.35. The Bertz CT molecular complexity index is 526. The Morgan fingerprint density at radius 1 is 1.18 bits per heavy atom. The zero-order valence-electron chi connectivity index (χ0n) is 14.6. The number of piperazine rings is 1. The third-order valence-electron chi connectivity index (χ3n) is 4.32. The first-order valence-corrected chi connectivity index (χ1v) is 8.20. The molecule has 0 radical (unpaired) electrons. The van der Waals surface area contributed by atoms with E-state index in [0.29, 0.717) is 0 Å². The SMILES string of the molecule is CCN1CCN(c2ccc(NC(=O)C(C)(C)C)c(C)c2)CC1. The van der Waals surface area contributed by atoms with Crippen molar-refractivity contribution in [3.8, 4) is 0 Å². The number of likely N-dealkylation sites (N-methyl/N-ethyl adjacent to an activating group) is 1. The van der Waals surface area contributed by atoms with Gasteiger partial charge in [0.1, 0.15) is 0 Å². The fourth-order valence-electron chi connectivity index (χ4n) is 2.62. The molecule has 0 saturated carbocycles. The second kappa shape index (κ2) is 6.69. The normalized spacial score (nSPS) is 16.7. The van der Waals surface area contributed by atoms with Crippen LogP contribution in [0.4, 0.5) is 11.4 Å². The van der Waals surface area contributed by atoms with Crippen LogP contribution in [0.2, 0.25) is 0 Å². The van der Waals surface area contributed by atoms with Crippen LogP contribution in [-0.4, -0.2) is 43.5 Å². The van der Waals surface area contributed by atoms with Crippen molar-refractivity contribution in [2.24, 2.45) is 5.41 Å². The number of aryl methyl sites for hydroxylation is 1. The summed E-state index contributed by atoms with van der Waals surface area (Å²) in [5.41, 5.74) is 2.91. The molecule has 22 heavy (non-hydrogen) atoms. The summed E-state index contributed by atoms with van der Waals surface area (Å²) < 4.78 is 0. The van der Waals surface area contributed by atoms with E-state index in [9.17, 15) is 4.79 Å². The molecule has 0 spiro atoms. The van der Waals surface area contributed by atoms with Crippen molar-refractivity contribution in [3.05, 3.63) is 23.8 Å². The molecular formula is C18H29N3O. The average Bonchev–Trinajstić information content (AvgIpc) is 2.48. The van der Waals surface area contributed by atoms with Gasteiger partial charge in [-0.3, -0.25) is 4.79 Å². The second-order valence-corrected chi connectivity index (χ2v) is 7.12. The van der Waals surface area contributed by atoms with E-state index in [1.165, 1.54) is 5.69 Å². The zero-order valence-corrected chi connectivity index (χ0v) is 14.6. The van der Waals surface area contributed by atoms with Crippen LogP contribution in [0.15, 0.2) is 18.2 Å². The minimum Gasteiger partial charge on any atom is -0.369 e. The van der Waals surface area contributed by atoms with Gasteiger partial charge in [0.2, 0.25) is 5.91 Å². The maximum absolute atomic E-state index is 12.1. The van der Waals surface area contributed by atoms with Crippen molar-refractivity contribution >= 4 is 17.3 Å². The maximum atomic E-state index is 12.1. The predicted octanol–water partition coefficient (Wildman–Crippen LogP) is 3.12. The van der Waals surface area contributed by atoms with Gasteiger partial charge >= 0.3 is 0 Å². The van der Waals surface area contributed by atoms with E-state index in [0.717, 1.165) is 44.0 Å². The minimum absolute atomic E-state index is 0.0555. The van der Waals surface area contributed by atoms with Crippen LogP contribution in [-0.2, 0) is 4.79 Å². The van der Waals surface area contributed by atoms with Crippen molar-refractivity contribution in [2.45, 2.75) is 34.6 Å². The van der Waals surface area contributed by atoms with Crippen LogP contribution < -0.4 is 10.2 Å². The van der Waals surface area contributed by atoms with Gasteiger partial charge in [0.25, 0.3) is 0 Å². The number of rotatable bonds is 3. The van der Waals surface area contributed by atoms with E-state index in [1.54, 1.807) is 0 Å². The molecule has 0 unspecified atom stereocenters. The molecule has 1 heterocycles. The molecular weight excluding hydrogens is 274 g/mol. The van der Waals surface area contributed by atoms with Crippen LogP contribution in [0.5, 0.6) is 0 Å². The summed E-state index contributed by atoms with van der Waals surface area (Å²) in [6.45, 7) is 15.6. The first-order chi connectivity index (χ1) is 10.3. The fraction of sp³-hybridized carbons (Fsp3) is 0.611. The summed E-state index contributed by atoms with van der Waals surface area (Å²) >= 11 is 0.